The summed E-state index contributed by atoms with van der Waals surface area (Å²) in [7, 11) is 1.88. The lowest BCUT2D eigenvalue weighted by molar-refractivity contribution is -0.129. The summed E-state index contributed by atoms with van der Waals surface area (Å²) in [5.74, 6) is 0.239. The lowest BCUT2D eigenvalue weighted by Crippen LogP contribution is -2.48. The number of aryl methyl sites for hydroxylation is 1. The molecule has 5 nitrogen and oxygen atoms in total. The van der Waals surface area contributed by atoms with Crippen molar-refractivity contribution in [3.8, 4) is 0 Å². The van der Waals surface area contributed by atoms with Crippen LogP contribution in [-0.2, 0) is 28.5 Å². The maximum absolute atomic E-state index is 13.4. The zero-order chi connectivity index (χ0) is 19.7. The summed E-state index contributed by atoms with van der Waals surface area (Å²) in [6.07, 6.45) is 6.35. The zero-order valence-electron chi connectivity index (χ0n) is 17.1. The summed E-state index contributed by atoms with van der Waals surface area (Å²) in [6.45, 7) is 8.31. The third-order valence-corrected chi connectivity index (χ3v) is 5.10. The number of amides is 1. The van der Waals surface area contributed by atoms with Gasteiger partial charge >= 0.3 is 0 Å². The molecule has 5 heteroatoms. The molecule has 1 unspecified atom stereocenters. The minimum Gasteiger partial charge on any atom is -0.381 e. The van der Waals surface area contributed by atoms with E-state index in [1.54, 1.807) is 10.9 Å². The zero-order valence-corrected chi connectivity index (χ0v) is 17.1. The van der Waals surface area contributed by atoms with E-state index < -0.39 is 5.41 Å². The van der Waals surface area contributed by atoms with Crippen LogP contribution in [0.5, 0.6) is 0 Å². The number of hydrogen-bond donors (Lipinski definition) is 1. The molecule has 1 atom stereocenters. The monoisotopic (exact) mass is 371 g/mol. The summed E-state index contributed by atoms with van der Waals surface area (Å²) in [6, 6.07) is 10.1. The molecule has 1 aromatic heterocycles. The lowest BCUT2D eigenvalue weighted by atomic mass is 9.68. The van der Waals surface area contributed by atoms with Crippen LogP contribution in [0.1, 0.15) is 51.2 Å². The van der Waals surface area contributed by atoms with Crippen LogP contribution in [0.4, 0.5) is 0 Å². The van der Waals surface area contributed by atoms with E-state index in [1.165, 1.54) is 0 Å². The van der Waals surface area contributed by atoms with Crippen LogP contribution in [-0.4, -0.2) is 28.9 Å². The maximum Gasteiger partial charge on any atom is 0.231 e. The fraction of sp³-hybridized carbons (Fsp3) is 0.545. The first-order chi connectivity index (χ1) is 13.0. The summed E-state index contributed by atoms with van der Waals surface area (Å²) >= 11 is 0. The molecule has 1 amide bonds. The molecule has 0 spiro atoms. The molecule has 2 aromatic rings. The summed E-state index contributed by atoms with van der Waals surface area (Å²) in [5.41, 5.74) is 1.50. The number of rotatable bonds is 11. The van der Waals surface area contributed by atoms with E-state index >= 15 is 0 Å². The van der Waals surface area contributed by atoms with Crippen molar-refractivity contribution in [2.75, 3.05) is 13.2 Å². The molecule has 1 N–H and O–H groups in total. The highest BCUT2D eigenvalue weighted by Crippen LogP contribution is 2.37. The fourth-order valence-corrected chi connectivity index (χ4v) is 3.61. The summed E-state index contributed by atoms with van der Waals surface area (Å²) in [5, 5.41) is 7.33. The fourth-order valence-electron chi connectivity index (χ4n) is 3.61. The van der Waals surface area contributed by atoms with Crippen molar-refractivity contribution in [2.24, 2.45) is 13.0 Å². The Labute approximate surface area is 163 Å². The van der Waals surface area contributed by atoms with E-state index in [0.717, 1.165) is 37.0 Å². The van der Waals surface area contributed by atoms with Crippen LogP contribution in [0.3, 0.4) is 0 Å². The van der Waals surface area contributed by atoms with Crippen molar-refractivity contribution in [1.29, 1.82) is 0 Å². The molecule has 1 aromatic carbocycles. The van der Waals surface area contributed by atoms with E-state index in [-0.39, 0.29) is 11.8 Å². The van der Waals surface area contributed by atoms with E-state index in [0.29, 0.717) is 13.2 Å². The number of nitrogens with one attached hydrogen (secondary N) is 1. The smallest absolute Gasteiger partial charge is 0.231 e. The van der Waals surface area contributed by atoms with E-state index in [1.807, 2.05) is 31.4 Å². The lowest BCUT2D eigenvalue weighted by Gasteiger charge is -2.37. The average molecular weight is 372 g/mol. The molecule has 0 fully saturated rings. The van der Waals surface area contributed by atoms with Crippen molar-refractivity contribution >= 4 is 5.91 Å². The standard InChI is InChI=1S/C22H33N3O2/c1-5-13-27-14-9-12-22(18(2)3,20-10-7-6-8-11-20)21(26)23-15-19-16-24-25(4)17-19/h6-8,10-11,16-18H,5,9,12-15H2,1-4H3,(H,23,26). The Balaban J connectivity index is 2.19. The van der Waals surface area contributed by atoms with Gasteiger partial charge in [-0.15, -0.1) is 0 Å². The molecular weight excluding hydrogens is 338 g/mol. The Hall–Kier alpha value is -2.14. The molecule has 0 radical (unpaired) electrons. The van der Waals surface area contributed by atoms with Gasteiger partial charge in [-0.2, -0.15) is 5.10 Å². The molecule has 148 valence electrons. The van der Waals surface area contributed by atoms with Crippen molar-refractivity contribution in [1.82, 2.24) is 15.1 Å². The minimum atomic E-state index is -0.570. The maximum atomic E-state index is 13.4. The van der Waals surface area contributed by atoms with Gasteiger partial charge in [0.15, 0.2) is 0 Å². The molecule has 0 saturated carbocycles. The molecule has 27 heavy (non-hydrogen) atoms. The van der Waals surface area contributed by atoms with Crippen molar-refractivity contribution in [2.45, 2.75) is 52.0 Å². The molecule has 0 aliphatic heterocycles. The van der Waals surface area contributed by atoms with E-state index in [4.69, 9.17) is 4.74 Å². The second-order valence-corrected chi connectivity index (χ2v) is 7.41. The van der Waals surface area contributed by atoms with Gasteiger partial charge in [0.1, 0.15) is 0 Å². The quantitative estimate of drug-likeness (QED) is 0.611. The first-order valence-corrected chi connectivity index (χ1v) is 9.89. The number of benzene rings is 1. The van der Waals surface area contributed by atoms with Gasteiger partial charge in [-0.25, -0.2) is 0 Å². The second kappa shape index (κ2) is 10.3. The Morgan fingerprint density at radius 3 is 2.59 bits per heavy atom. The largest absolute Gasteiger partial charge is 0.381 e. The molecular formula is C22H33N3O2. The predicted molar refractivity (Wildman–Crippen MR) is 108 cm³/mol. The van der Waals surface area contributed by atoms with Crippen LogP contribution in [0, 0.1) is 5.92 Å². The number of nitrogens with zero attached hydrogens (tertiary/aromatic N) is 2. The number of carbonyl (C=O) groups excluding carboxylic acids is 1. The molecule has 0 saturated heterocycles. The minimum absolute atomic E-state index is 0.0723. The van der Waals surface area contributed by atoms with Gasteiger partial charge in [-0.05, 0) is 30.7 Å². The van der Waals surface area contributed by atoms with E-state index in [9.17, 15) is 4.79 Å². The van der Waals surface area contributed by atoms with Crippen LogP contribution in [0.25, 0.3) is 0 Å². The molecule has 0 aliphatic rings. The number of aromatic nitrogens is 2. The Bertz CT molecular complexity index is 697. The van der Waals surface area contributed by atoms with Crippen molar-refractivity contribution in [3.05, 3.63) is 53.9 Å². The topological polar surface area (TPSA) is 56.1 Å². The highest BCUT2D eigenvalue weighted by Gasteiger charge is 2.42. The number of carbonyl (C=O) groups is 1. The van der Waals surface area contributed by atoms with Crippen LogP contribution >= 0.6 is 0 Å². The SMILES string of the molecule is CCCOCCCC(C(=O)NCc1cnn(C)c1)(c1ccccc1)C(C)C. The van der Waals surface area contributed by atoms with Gasteiger partial charge < -0.3 is 10.1 Å². The first-order valence-electron chi connectivity index (χ1n) is 9.89. The Kier molecular flexibility index (Phi) is 8.04. The first kappa shape index (κ1) is 21.2. The third kappa shape index (κ3) is 5.42. The Morgan fingerprint density at radius 1 is 1.26 bits per heavy atom. The van der Waals surface area contributed by atoms with Crippen molar-refractivity contribution in [3.63, 3.8) is 0 Å². The van der Waals surface area contributed by atoms with Gasteiger partial charge in [0, 0.05) is 38.6 Å². The summed E-state index contributed by atoms with van der Waals surface area (Å²) < 4.78 is 7.41. The van der Waals surface area contributed by atoms with Gasteiger partial charge in [-0.1, -0.05) is 51.1 Å². The Morgan fingerprint density at radius 2 is 2.00 bits per heavy atom. The molecule has 2 rings (SSSR count). The molecule has 0 bridgehead atoms. The van der Waals surface area contributed by atoms with Crippen LogP contribution in [0.15, 0.2) is 42.7 Å². The predicted octanol–water partition coefficient (Wildman–Crippen LogP) is 3.84. The van der Waals surface area contributed by atoms with Gasteiger partial charge in [0.05, 0.1) is 11.6 Å². The van der Waals surface area contributed by atoms with Gasteiger partial charge in [0.25, 0.3) is 0 Å². The number of ether oxygens (including phenoxy) is 1. The average Bonchev–Trinajstić information content (AvgIpc) is 3.08. The normalized spacial score (nSPS) is 13.5. The van der Waals surface area contributed by atoms with Crippen LogP contribution < -0.4 is 5.32 Å². The number of hydrogen-bond acceptors (Lipinski definition) is 3. The van der Waals surface area contributed by atoms with Crippen molar-refractivity contribution < 1.29 is 9.53 Å². The summed E-state index contributed by atoms with van der Waals surface area (Å²) in [4.78, 5) is 13.4. The highest BCUT2D eigenvalue weighted by atomic mass is 16.5. The van der Waals surface area contributed by atoms with E-state index in [2.05, 4.69) is 43.3 Å². The van der Waals surface area contributed by atoms with Gasteiger partial charge in [0.2, 0.25) is 5.91 Å². The molecule has 1 heterocycles. The second-order valence-electron chi connectivity index (χ2n) is 7.41. The van der Waals surface area contributed by atoms with Gasteiger partial charge in [-0.3, -0.25) is 9.48 Å². The molecule has 0 aliphatic carbocycles. The highest BCUT2D eigenvalue weighted by molar-refractivity contribution is 5.88. The third-order valence-electron chi connectivity index (χ3n) is 5.10. The van der Waals surface area contributed by atoms with Crippen LogP contribution in [0.2, 0.25) is 0 Å².